The van der Waals surface area contributed by atoms with Gasteiger partial charge in [0.2, 0.25) is 0 Å². The van der Waals surface area contributed by atoms with Gasteiger partial charge in [-0.1, -0.05) is 12.1 Å². The van der Waals surface area contributed by atoms with Gasteiger partial charge in [-0.25, -0.2) is 13.8 Å². The van der Waals surface area contributed by atoms with E-state index in [-0.39, 0.29) is 35.6 Å². The summed E-state index contributed by atoms with van der Waals surface area (Å²) in [7, 11) is 3.82. The van der Waals surface area contributed by atoms with Crippen LogP contribution in [-0.4, -0.2) is 56.0 Å². The molecule has 1 aliphatic heterocycles. The maximum absolute atomic E-state index is 14.2. The molecule has 1 heterocycles. The molecule has 0 amide bonds. The number of halogens is 3. The SMILES string of the molecule is CN(C)Cc1ccc(CN=C(N)N2CCN(c3ccc(F)cc3)CC2)cc1F.I. The van der Waals surface area contributed by atoms with Crippen molar-refractivity contribution >= 4 is 35.6 Å². The van der Waals surface area contributed by atoms with Crippen LogP contribution in [0.25, 0.3) is 0 Å². The van der Waals surface area contributed by atoms with Crippen molar-refractivity contribution in [1.82, 2.24) is 9.80 Å². The van der Waals surface area contributed by atoms with Crippen LogP contribution in [0.3, 0.4) is 0 Å². The van der Waals surface area contributed by atoms with Gasteiger partial charge in [0.05, 0.1) is 6.54 Å². The highest BCUT2D eigenvalue weighted by Crippen LogP contribution is 2.17. The van der Waals surface area contributed by atoms with Gasteiger partial charge in [-0.3, -0.25) is 0 Å². The van der Waals surface area contributed by atoms with E-state index in [1.807, 2.05) is 30.0 Å². The number of guanidine groups is 1. The number of nitrogens with zero attached hydrogens (tertiary/aromatic N) is 4. The van der Waals surface area contributed by atoms with E-state index in [0.29, 0.717) is 24.6 Å². The number of benzene rings is 2. The summed E-state index contributed by atoms with van der Waals surface area (Å²) in [5.41, 5.74) is 8.61. The minimum absolute atomic E-state index is 0. The first kappa shape index (κ1) is 23.3. The number of hydrogen-bond donors (Lipinski definition) is 1. The van der Waals surface area contributed by atoms with Crippen molar-refractivity contribution in [3.05, 3.63) is 65.2 Å². The molecule has 0 saturated carbocycles. The second-order valence-corrected chi connectivity index (χ2v) is 7.29. The van der Waals surface area contributed by atoms with Gasteiger partial charge in [-0.05, 0) is 50.0 Å². The number of anilines is 1. The predicted molar refractivity (Wildman–Crippen MR) is 125 cm³/mol. The van der Waals surface area contributed by atoms with E-state index >= 15 is 0 Å². The molecule has 3 rings (SSSR count). The van der Waals surface area contributed by atoms with Crippen LogP contribution in [0, 0.1) is 11.6 Å². The molecule has 0 radical (unpaired) electrons. The molecule has 2 aromatic rings. The molecule has 0 aromatic heterocycles. The molecule has 0 spiro atoms. The first-order chi connectivity index (χ1) is 13.4. The summed E-state index contributed by atoms with van der Waals surface area (Å²) in [6, 6.07) is 11.7. The summed E-state index contributed by atoms with van der Waals surface area (Å²) in [6.45, 7) is 3.97. The first-order valence-corrected chi connectivity index (χ1v) is 9.40. The van der Waals surface area contributed by atoms with E-state index in [1.165, 1.54) is 18.2 Å². The minimum Gasteiger partial charge on any atom is -0.370 e. The van der Waals surface area contributed by atoms with Crippen LogP contribution < -0.4 is 10.6 Å². The monoisotopic (exact) mass is 515 g/mol. The van der Waals surface area contributed by atoms with Crippen molar-refractivity contribution in [2.75, 3.05) is 45.2 Å². The van der Waals surface area contributed by atoms with E-state index in [4.69, 9.17) is 5.73 Å². The third kappa shape index (κ3) is 6.53. The molecular formula is C21H28F2IN5. The molecule has 0 atom stereocenters. The highest BCUT2D eigenvalue weighted by molar-refractivity contribution is 14.0. The molecule has 2 aromatic carbocycles. The normalized spacial score (nSPS) is 14.9. The van der Waals surface area contributed by atoms with Crippen molar-refractivity contribution in [2.45, 2.75) is 13.1 Å². The standard InChI is InChI=1S/C21H27F2N5.HI/c1-26(2)15-17-4-3-16(13-20(17)23)14-25-21(24)28-11-9-27(10-12-28)19-7-5-18(22)6-8-19;/h3-8,13H,9-12,14-15H2,1-2H3,(H2,24,25);1H. The van der Waals surface area contributed by atoms with Crippen molar-refractivity contribution in [3.63, 3.8) is 0 Å². The summed E-state index contributed by atoms with van der Waals surface area (Å²) in [5.74, 6) is 0.0226. The number of nitrogens with two attached hydrogens (primary N) is 1. The van der Waals surface area contributed by atoms with Gasteiger partial charge < -0.3 is 20.4 Å². The van der Waals surface area contributed by atoms with Gasteiger partial charge in [0.1, 0.15) is 11.6 Å². The quantitative estimate of drug-likeness (QED) is 0.378. The molecule has 8 heteroatoms. The minimum atomic E-state index is -0.232. The fourth-order valence-electron chi connectivity index (χ4n) is 3.28. The van der Waals surface area contributed by atoms with Crippen LogP contribution in [0.4, 0.5) is 14.5 Å². The fourth-order valence-corrected chi connectivity index (χ4v) is 3.28. The Morgan fingerprint density at radius 2 is 1.69 bits per heavy atom. The molecule has 1 saturated heterocycles. The van der Waals surface area contributed by atoms with E-state index in [1.54, 1.807) is 18.2 Å². The summed E-state index contributed by atoms with van der Waals surface area (Å²) in [4.78, 5) is 10.6. The fraction of sp³-hybridized carbons (Fsp3) is 0.381. The molecule has 2 N–H and O–H groups in total. The summed E-state index contributed by atoms with van der Waals surface area (Å²) in [5, 5.41) is 0. The lowest BCUT2D eigenvalue weighted by molar-refractivity contribution is 0.380. The van der Waals surface area contributed by atoms with Crippen LogP contribution in [0.1, 0.15) is 11.1 Å². The first-order valence-electron chi connectivity index (χ1n) is 9.40. The highest BCUT2D eigenvalue weighted by atomic mass is 127. The topological polar surface area (TPSA) is 48.1 Å². The Bertz CT molecular complexity index is 818. The summed E-state index contributed by atoms with van der Waals surface area (Å²) in [6.07, 6.45) is 0. The molecule has 5 nitrogen and oxygen atoms in total. The van der Waals surface area contributed by atoms with Crippen LogP contribution in [0.2, 0.25) is 0 Å². The van der Waals surface area contributed by atoms with Crippen molar-refractivity contribution in [1.29, 1.82) is 0 Å². The Morgan fingerprint density at radius 1 is 1.03 bits per heavy atom. The molecular weight excluding hydrogens is 487 g/mol. The second kappa shape index (κ2) is 10.7. The molecule has 158 valence electrons. The third-order valence-corrected chi connectivity index (χ3v) is 4.82. The zero-order valence-electron chi connectivity index (χ0n) is 16.8. The predicted octanol–water partition coefficient (Wildman–Crippen LogP) is 3.28. The largest absolute Gasteiger partial charge is 0.370 e. The van der Waals surface area contributed by atoms with Gasteiger partial charge in [-0.15, -0.1) is 24.0 Å². The smallest absolute Gasteiger partial charge is 0.191 e. The van der Waals surface area contributed by atoms with E-state index < -0.39 is 0 Å². The van der Waals surface area contributed by atoms with E-state index in [2.05, 4.69) is 9.89 Å². The Morgan fingerprint density at radius 3 is 2.28 bits per heavy atom. The highest BCUT2D eigenvalue weighted by Gasteiger charge is 2.18. The van der Waals surface area contributed by atoms with Gasteiger partial charge in [0.25, 0.3) is 0 Å². The Labute approximate surface area is 188 Å². The van der Waals surface area contributed by atoms with E-state index in [9.17, 15) is 8.78 Å². The zero-order valence-corrected chi connectivity index (χ0v) is 19.1. The van der Waals surface area contributed by atoms with Crippen LogP contribution in [0.15, 0.2) is 47.5 Å². The lowest BCUT2D eigenvalue weighted by Crippen LogP contribution is -2.51. The third-order valence-electron chi connectivity index (χ3n) is 4.82. The summed E-state index contributed by atoms with van der Waals surface area (Å²) >= 11 is 0. The Kier molecular flexibility index (Phi) is 8.63. The second-order valence-electron chi connectivity index (χ2n) is 7.29. The molecule has 1 aliphatic rings. The lowest BCUT2D eigenvalue weighted by Gasteiger charge is -2.36. The molecule has 1 fully saturated rings. The number of rotatable bonds is 5. The van der Waals surface area contributed by atoms with Crippen molar-refractivity contribution in [2.24, 2.45) is 10.7 Å². The molecule has 0 aliphatic carbocycles. The van der Waals surface area contributed by atoms with E-state index in [0.717, 1.165) is 37.4 Å². The molecule has 29 heavy (non-hydrogen) atoms. The van der Waals surface area contributed by atoms with Gasteiger partial charge in [0.15, 0.2) is 5.96 Å². The molecule has 0 unspecified atom stereocenters. The average Bonchev–Trinajstić information content (AvgIpc) is 2.68. The summed E-state index contributed by atoms with van der Waals surface area (Å²) < 4.78 is 27.2. The van der Waals surface area contributed by atoms with Crippen LogP contribution in [0.5, 0.6) is 0 Å². The van der Waals surface area contributed by atoms with Gasteiger partial charge in [-0.2, -0.15) is 0 Å². The zero-order chi connectivity index (χ0) is 20.1. The van der Waals surface area contributed by atoms with Gasteiger partial charge in [0, 0.05) is 44.0 Å². The Hall–Kier alpha value is -1.94. The van der Waals surface area contributed by atoms with Crippen molar-refractivity contribution in [3.8, 4) is 0 Å². The maximum Gasteiger partial charge on any atom is 0.191 e. The van der Waals surface area contributed by atoms with Gasteiger partial charge >= 0.3 is 0 Å². The number of piperazine rings is 1. The molecule has 0 bridgehead atoms. The maximum atomic E-state index is 14.2. The average molecular weight is 515 g/mol. The number of hydrogen-bond acceptors (Lipinski definition) is 3. The van der Waals surface area contributed by atoms with Crippen LogP contribution in [-0.2, 0) is 13.1 Å². The lowest BCUT2D eigenvalue weighted by atomic mass is 10.1. The van der Waals surface area contributed by atoms with Crippen molar-refractivity contribution < 1.29 is 8.78 Å². The number of aliphatic imine (C=N–C) groups is 1. The van der Waals surface area contributed by atoms with Crippen LogP contribution >= 0.6 is 24.0 Å². The Balaban J connectivity index is 0.00000300.